The van der Waals surface area contributed by atoms with Gasteiger partial charge in [-0.1, -0.05) is 6.92 Å². The maximum Gasteiger partial charge on any atom is 0.333 e. The van der Waals surface area contributed by atoms with Gasteiger partial charge >= 0.3 is 11.7 Å². The maximum atomic E-state index is 11.3. The van der Waals surface area contributed by atoms with Gasteiger partial charge in [-0.05, 0) is 20.3 Å². The number of aryl methyl sites for hydroxylation is 2. The molecular weight excluding hydrogens is 276 g/mol. The maximum absolute atomic E-state index is 11.3. The van der Waals surface area contributed by atoms with Crippen LogP contribution < -0.4 is 4.90 Å². The highest BCUT2D eigenvalue weighted by molar-refractivity contribution is 5.70. The molecule has 21 heavy (non-hydrogen) atoms. The van der Waals surface area contributed by atoms with Gasteiger partial charge in [0.05, 0.1) is 18.5 Å². The van der Waals surface area contributed by atoms with Gasteiger partial charge in [-0.3, -0.25) is 14.9 Å². The Balaban J connectivity index is 3.15. The number of esters is 1. The number of carbonyl (C=O) groups is 1. The largest absolute Gasteiger partial charge is 0.469 e. The summed E-state index contributed by atoms with van der Waals surface area (Å²) < 4.78 is 6.27. The van der Waals surface area contributed by atoms with Crippen LogP contribution in [-0.2, 0) is 16.1 Å². The van der Waals surface area contributed by atoms with Gasteiger partial charge in [0.1, 0.15) is 5.69 Å². The smallest absolute Gasteiger partial charge is 0.333 e. The summed E-state index contributed by atoms with van der Waals surface area (Å²) in [4.78, 5) is 24.0. The van der Waals surface area contributed by atoms with Gasteiger partial charge in [-0.15, -0.1) is 0 Å². The highest BCUT2D eigenvalue weighted by Gasteiger charge is 2.29. The zero-order valence-electron chi connectivity index (χ0n) is 13.0. The summed E-state index contributed by atoms with van der Waals surface area (Å²) in [7, 11) is 1.33. The molecule has 1 aromatic heterocycles. The number of nitro groups is 1. The van der Waals surface area contributed by atoms with Crippen molar-refractivity contribution in [1.29, 1.82) is 0 Å². The zero-order valence-corrected chi connectivity index (χ0v) is 13.0. The van der Waals surface area contributed by atoms with Gasteiger partial charge < -0.3 is 9.64 Å². The van der Waals surface area contributed by atoms with E-state index in [-0.39, 0.29) is 18.1 Å². The molecule has 0 unspecified atom stereocenters. The van der Waals surface area contributed by atoms with Crippen LogP contribution in [0.1, 0.15) is 32.4 Å². The van der Waals surface area contributed by atoms with E-state index in [9.17, 15) is 14.9 Å². The van der Waals surface area contributed by atoms with E-state index in [0.29, 0.717) is 31.1 Å². The number of hydrogen-bond donors (Lipinski definition) is 0. The van der Waals surface area contributed by atoms with Crippen molar-refractivity contribution in [2.75, 3.05) is 25.1 Å². The molecule has 8 heteroatoms. The second kappa shape index (κ2) is 7.61. The first-order valence-corrected chi connectivity index (χ1v) is 6.99. The summed E-state index contributed by atoms with van der Waals surface area (Å²) in [6.45, 7) is 7.00. The van der Waals surface area contributed by atoms with Crippen molar-refractivity contribution in [2.24, 2.45) is 0 Å². The second-order valence-corrected chi connectivity index (χ2v) is 4.64. The Morgan fingerprint density at radius 2 is 2.14 bits per heavy atom. The summed E-state index contributed by atoms with van der Waals surface area (Å²) in [5.41, 5.74) is 0.398. The van der Waals surface area contributed by atoms with Crippen LogP contribution in [0.2, 0.25) is 0 Å². The average Bonchev–Trinajstić information content (AvgIpc) is 2.76. The van der Waals surface area contributed by atoms with Crippen molar-refractivity contribution in [2.45, 2.75) is 40.2 Å². The van der Waals surface area contributed by atoms with Crippen LogP contribution in [0.5, 0.6) is 0 Å². The van der Waals surface area contributed by atoms with Gasteiger partial charge in [0, 0.05) is 19.6 Å². The lowest BCUT2D eigenvalue weighted by Gasteiger charge is -2.22. The topological polar surface area (TPSA) is 90.5 Å². The molecule has 0 aromatic carbocycles. The Morgan fingerprint density at radius 1 is 1.48 bits per heavy atom. The van der Waals surface area contributed by atoms with E-state index in [1.807, 2.05) is 13.8 Å². The molecule has 0 aliphatic rings. The molecule has 0 amide bonds. The summed E-state index contributed by atoms with van der Waals surface area (Å²) in [6, 6.07) is 0. The fraction of sp³-hybridized carbons (Fsp3) is 0.692. The monoisotopic (exact) mass is 298 g/mol. The van der Waals surface area contributed by atoms with Crippen LogP contribution in [0.15, 0.2) is 0 Å². The number of hydrogen-bond acceptors (Lipinski definition) is 6. The number of rotatable bonds is 8. The SMILES string of the molecule is CCCn1nc(C)c([N+](=O)[O-])c1N(CC)CCC(=O)OC. The van der Waals surface area contributed by atoms with E-state index >= 15 is 0 Å². The summed E-state index contributed by atoms with van der Waals surface area (Å²) in [5, 5.41) is 15.6. The van der Waals surface area contributed by atoms with Crippen molar-refractivity contribution in [3.05, 3.63) is 15.8 Å². The number of aromatic nitrogens is 2. The molecule has 1 rings (SSSR count). The third-order valence-electron chi connectivity index (χ3n) is 3.18. The van der Waals surface area contributed by atoms with Crippen LogP contribution in [0.3, 0.4) is 0 Å². The lowest BCUT2D eigenvalue weighted by Crippen LogP contribution is -2.29. The van der Waals surface area contributed by atoms with E-state index in [4.69, 9.17) is 0 Å². The first-order chi connectivity index (χ1) is 9.96. The number of nitrogens with zero attached hydrogens (tertiary/aromatic N) is 4. The van der Waals surface area contributed by atoms with Gasteiger partial charge in [-0.25, -0.2) is 4.68 Å². The Morgan fingerprint density at radius 3 is 2.62 bits per heavy atom. The summed E-state index contributed by atoms with van der Waals surface area (Å²) >= 11 is 0. The number of ether oxygens (including phenoxy) is 1. The van der Waals surface area contributed by atoms with Crippen LogP contribution in [-0.4, -0.2) is 40.9 Å². The highest BCUT2D eigenvalue weighted by Crippen LogP contribution is 2.31. The first-order valence-electron chi connectivity index (χ1n) is 6.99. The minimum absolute atomic E-state index is 0.00941. The molecule has 0 fully saturated rings. The molecule has 0 N–H and O–H groups in total. The normalized spacial score (nSPS) is 10.5. The number of methoxy groups -OCH3 is 1. The third-order valence-corrected chi connectivity index (χ3v) is 3.18. The van der Waals surface area contributed by atoms with Crippen molar-refractivity contribution in [3.63, 3.8) is 0 Å². The summed E-state index contributed by atoms with van der Waals surface area (Å²) in [5.74, 6) is 0.125. The second-order valence-electron chi connectivity index (χ2n) is 4.64. The van der Waals surface area contributed by atoms with Crippen molar-refractivity contribution in [1.82, 2.24) is 9.78 Å². The molecule has 8 nitrogen and oxygen atoms in total. The molecule has 1 heterocycles. The van der Waals surface area contributed by atoms with Gasteiger partial charge in [-0.2, -0.15) is 5.10 Å². The van der Waals surface area contributed by atoms with Crippen LogP contribution in [0.25, 0.3) is 0 Å². The fourth-order valence-corrected chi connectivity index (χ4v) is 2.20. The quantitative estimate of drug-likeness (QED) is 0.413. The Labute approximate surface area is 123 Å². The molecule has 0 aliphatic carbocycles. The molecule has 0 bridgehead atoms. The third kappa shape index (κ3) is 3.93. The lowest BCUT2D eigenvalue weighted by atomic mass is 10.3. The highest BCUT2D eigenvalue weighted by atomic mass is 16.6. The molecule has 0 spiro atoms. The average molecular weight is 298 g/mol. The van der Waals surface area contributed by atoms with Gasteiger partial charge in [0.15, 0.2) is 0 Å². The molecule has 0 saturated heterocycles. The Bertz CT molecular complexity index is 513. The molecule has 0 saturated carbocycles. The van der Waals surface area contributed by atoms with Crippen molar-refractivity contribution < 1.29 is 14.5 Å². The van der Waals surface area contributed by atoms with Crippen LogP contribution in [0, 0.1) is 17.0 Å². The Kier molecular flexibility index (Phi) is 6.13. The molecule has 0 aliphatic heterocycles. The summed E-state index contributed by atoms with van der Waals surface area (Å²) in [6.07, 6.45) is 0.998. The number of anilines is 1. The molecule has 0 radical (unpaired) electrons. The minimum Gasteiger partial charge on any atom is -0.469 e. The lowest BCUT2D eigenvalue weighted by molar-refractivity contribution is -0.384. The minimum atomic E-state index is -0.412. The van der Waals surface area contributed by atoms with Crippen LogP contribution in [0.4, 0.5) is 11.5 Å². The molecule has 118 valence electrons. The van der Waals surface area contributed by atoms with Gasteiger partial charge in [0.25, 0.3) is 0 Å². The molecular formula is C13H22N4O4. The Hall–Kier alpha value is -2.12. The van der Waals surface area contributed by atoms with Gasteiger partial charge in [0.2, 0.25) is 5.82 Å². The number of carbonyl (C=O) groups excluding carboxylic acids is 1. The standard InChI is InChI=1S/C13H22N4O4/c1-5-8-16-13(12(17(19)20)10(3)14-16)15(6-2)9-7-11(18)21-4/h5-9H2,1-4H3. The van der Waals surface area contributed by atoms with E-state index in [1.165, 1.54) is 7.11 Å². The van der Waals surface area contributed by atoms with Crippen LogP contribution >= 0.6 is 0 Å². The van der Waals surface area contributed by atoms with E-state index < -0.39 is 4.92 Å². The molecule has 0 atom stereocenters. The predicted octanol–water partition coefficient (Wildman–Crippen LogP) is 1.90. The molecule has 1 aromatic rings. The zero-order chi connectivity index (χ0) is 16.0. The first kappa shape index (κ1) is 16.9. The van der Waals surface area contributed by atoms with E-state index in [2.05, 4.69) is 9.84 Å². The van der Waals surface area contributed by atoms with E-state index in [1.54, 1.807) is 16.5 Å². The predicted molar refractivity (Wildman–Crippen MR) is 78.4 cm³/mol. The van der Waals surface area contributed by atoms with Crippen molar-refractivity contribution >= 4 is 17.5 Å². The van der Waals surface area contributed by atoms with Crippen molar-refractivity contribution in [3.8, 4) is 0 Å². The van der Waals surface area contributed by atoms with E-state index in [0.717, 1.165) is 6.42 Å². The fourth-order valence-electron chi connectivity index (χ4n) is 2.20.